The fourth-order valence-corrected chi connectivity index (χ4v) is 2.27. The molecular weight excluding hydrogens is 287 g/mol. The molecule has 1 heterocycles. The van der Waals surface area contributed by atoms with Crippen molar-refractivity contribution in [2.45, 2.75) is 12.8 Å². The summed E-state index contributed by atoms with van der Waals surface area (Å²) in [7, 11) is 0. The van der Waals surface area contributed by atoms with Crippen molar-refractivity contribution in [3.8, 4) is 0 Å². The van der Waals surface area contributed by atoms with Gasteiger partial charge in [-0.15, -0.1) is 0 Å². The fraction of sp³-hybridized carbons (Fsp3) is 0.462. The van der Waals surface area contributed by atoms with Crippen LogP contribution in [0.2, 0.25) is 10.0 Å². The lowest BCUT2D eigenvalue weighted by atomic mass is 9.99. The molecule has 1 saturated heterocycles. The van der Waals surface area contributed by atoms with E-state index in [1.54, 1.807) is 18.2 Å². The summed E-state index contributed by atoms with van der Waals surface area (Å²) in [5.74, 6) is 0.445. The van der Waals surface area contributed by atoms with Gasteiger partial charge >= 0.3 is 6.09 Å². The minimum absolute atomic E-state index is 0.401. The quantitative estimate of drug-likeness (QED) is 0.898. The highest BCUT2D eigenvalue weighted by Crippen LogP contribution is 2.25. The highest BCUT2D eigenvalue weighted by molar-refractivity contribution is 6.42. The normalized spacial score (nSPS) is 16.1. The predicted octanol–water partition coefficient (Wildman–Crippen LogP) is 3.54. The average molecular weight is 303 g/mol. The van der Waals surface area contributed by atoms with Crippen molar-refractivity contribution in [1.29, 1.82) is 0 Å². The number of anilines is 1. The van der Waals surface area contributed by atoms with Gasteiger partial charge in [0.1, 0.15) is 0 Å². The summed E-state index contributed by atoms with van der Waals surface area (Å²) in [6.07, 6.45) is 1.62. The van der Waals surface area contributed by atoms with Crippen LogP contribution >= 0.6 is 23.2 Å². The largest absolute Gasteiger partial charge is 0.449 e. The Labute approximate surface area is 122 Å². The van der Waals surface area contributed by atoms with Crippen LogP contribution < -0.4 is 10.6 Å². The molecule has 1 aliphatic rings. The second-order valence-electron chi connectivity index (χ2n) is 4.55. The second-order valence-corrected chi connectivity index (χ2v) is 5.36. The van der Waals surface area contributed by atoms with Crippen molar-refractivity contribution >= 4 is 35.0 Å². The van der Waals surface area contributed by atoms with Gasteiger partial charge in [-0.2, -0.15) is 0 Å². The number of carbonyl (C=O) groups is 1. The van der Waals surface area contributed by atoms with E-state index in [1.807, 2.05) is 0 Å². The number of rotatable bonds is 3. The van der Waals surface area contributed by atoms with Gasteiger partial charge in [-0.05, 0) is 50.0 Å². The van der Waals surface area contributed by atoms with Gasteiger partial charge in [0.15, 0.2) is 0 Å². The molecule has 2 N–H and O–H groups in total. The molecule has 0 saturated carbocycles. The molecule has 1 amide bonds. The Morgan fingerprint density at radius 3 is 2.74 bits per heavy atom. The Bertz CT molecular complexity index is 448. The third-order valence-electron chi connectivity index (χ3n) is 3.07. The first-order valence-electron chi connectivity index (χ1n) is 6.24. The van der Waals surface area contributed by atoms with Gasteiger partial charge < -0.3 is 10.1 Å². The number of hydrogen-bond acceptors (Lipinski definition) is 3. The second kappa shape index (κ2) is 6.98. The molecular formula is C13H16Cl2N2O2. The summed E-state index contributed by atoms with van der Waals surface area (Å²) in [6.45, 7) is 2.43. The van der Waals surface area contributed by atoms with Crippen LogP contribution in [-0.4, -0.2) is 25.8 Å². The number of benzene rings is 1. The molecule has 0 spiro atoms. The average Bonchev–Trinajstić information content (AvgIpc) is 2.42. The van der Waals surface area contributed by atoms with Crippen molar-refractivity contribution in [2.75, 3.05) is 25.0 Å². The molecule has 0 aliphatic carbocycles. The van der Waals surface area contributed by atoms with Crippen LogP contribution in [0.25, 0.3) is 0 Å². The molecule has 2 rings (SSSR count). The van der Waals surface area contributed by atoms with Crippen LogP contribution in [0.1, 0.15) is 12.8 Å². The van der Waals surface area contributed by atoms with Crippen LogP contribution in [0.5, 0.6) is 0 Å². The van der Waals surface area contributed by atoms with Crippen molar-refractivity contribution in [3.05, 3.63) is 28.2 Å². The minimum Gasteiger partial charge on any atom is -0.449 e. The van der Waals surface area contributed by atoms with E-state index in [1.165, 1.54) is 0 Å². The van der Waals surface area contributed by atoms with Gasteiger partial charge in [0, 0.05) is 5.69 Å². The number of nitrogens with one attached hydrogen (secondary N) is 2. The summed E-state index contributed by atoms with van der Waals surface area (Å²) in [5, 5.41) is 6.75. The van der Waals surface area contributed by atoms with Crippen LogP contribution in [0.4, 0.5) is 10.5 Å². The Morgan fingerprint density at radius 2 is 2.05 bits per heavy atom. The number of piperidine rings is 1. The van der Waals surface area contributed by atoms with E-state index in [0.717, 1.165) is 25.9 Å². The van der Waals surface area contributed by atoms with Crippen molar-refractivity contribution in [1.82, 2.24) is 5.32 Å². The highest BCUT2D eigenvalue weighted by atomic mass is 35.5. The predicted molar refractivity (Wildman–Crippen MR) is 77.0 cm³/mol. The van der Waals surface area contributed by atoms with Gasteiger partial charge in [0.25, 0.3) is 0 Å². The molecule has 0 radical (unpaired) electrons. The maximum Gasteiger partial charge on any atom is 0.411 e. The number of carbonyl (C=O) groups excluding carboxylic acids is 1. The van der Waals surface area contributed by atoms with Gasteiger partial charge in [0.05, 0.1) is 16.7 Å². The summed E-state index contributed by atoms with van der Waals surface area (Å²) in [6, 6.07) is 4.90. The SMILES string of the molecule is O=C(Nc1ccc(Cl)c(Cl)c1)OCC1CCNCC1. The van der Waals surface area contributed by atoms with Crippen LogP contribution in [-0.2, 0) is 4.74 Å². The van der Waals surface area contributed by atoms with E-state index in [9.17, 15) is 4.79 Å². The molecule has 0 unspecified atom stereocenters. The fourth-order valence-electron chi connectivity index (χ4n) is 1.97. The number of hydrogen-bond donors (Lipinski definition) is 2. The molecule has 0 atom stereocenters. The smallest absolute Gasteiger partial charge is 0.411 e. The maximum absolute atomic E-state index is 11.6. The Kier molecular flexibility index (Phi) is 5.31. The van der Waals surface area contributed by atoms with Gasteiger partial charge in [-0.3, -0.25) is 5.32 Å². The van der Waals surface area contributed by atoms with Gasteiger partial charge in [-0.25, -0.2) is 4.79 Å². The van der Waals surface area contributed by atoms with E-state index in [-0.39, 0.29) is 0 Å². The van der Waals surface area contributed by atoms with Crippen molar-refractivity contribution < 1.29 is 9.53 Å². The lowest BCUT2D eigenvalue weighted by Gasteiger charge is -2.22. The third-order valence-corrected chi connectivity index (χ3v) is 3.81. The lowest BCUT2D eigenvalue weighted by molar-refractivity contribution is 0.131. The number of ether oxygens (including phenoxy) is 1. The topological polar surface area (TPSA) is 50.4 Å². The van der Waals surface area contributed by atoms with E-state index >= 15 is 0 Å². The Morgan fingerprint density at radius 1 is 1.32 bits per heavy atom. The molecule has 6 heteroatoms. The van der Waals surface area contributed by atoms with Crippen molar-refractivity contribution in [2.24, 2.45) is 5.92 Å². The Hall–Kier alpha value is -0.970. The molecule has 1 aromatic carbocycles. The first kappa shape index (κ1) is 14.4. The standard InChI is InChI=1S/C13H16Cl2N2O2/c14-11-2-1-10(7-12(11)15)17-13(18)19-8-9-3-5-16-6-4-9/h1-2,7,9,16H,3-6,8H2,(H,17,18). The van der Waals surface area contributed by atoms with Crippen LogP contribution in [0, 0.1) is 5.92 Å². The zero-order valence-corrected chi connectivity index (χ0v) is 11.9. The molecule has 0 bridgehead atoms. The van der Waals surface area contributed by atoms with E-state index < -0.39 is 6.09 Å². The zero-order valence-electron chi connectivity index (χ0n) is 10.4. The molecule has 19 heavy (non-hydrogen) atoms. The third kappa shape index (κ3) is 4.56. The zero-order chi connectivity index (χ0) is 13.7. The first-order valence-corrected chi connectivity index (χ1v) is 7.00. The summed E-state index contributed by atoms with van der Waals surface area (Å²) >= 11 is 11.7. The van der Waals surface area contributed by atoms with Crippen LogP contribution in [0.15, 0.2) is 18.2 Å². The number of halogens is 2. The molecule has 1 aliphatic heterocycles. The number of amides is 1. The van der Waals surface area contributed by atoms with Gasteiger partial charge in [-0.1, -0.05) is 23.2 Å². The minimum atomic E-state index is -0.461. The molecule has 1 fully saturated rings. The summed E-state index contributed by atoms with van der Waals surface area (Å²) in [5.41, 5.74) is 0.574. The van der Waals surface area contributed by atoms with Crippen molar-refractivity contribution in [3.63, 3.8) is 0 Å². The van der Waals surface area contributed by atoms with E-state index in [2.05, 4.69) is 10.6 Å². The monoisotopic (exact) mass is 302 g/mol. The molecule has 104 valence electrons. The van der Waals surface area contributed by atoms with Gasteiger partial charge in [0.2, 0.25) is 0 Å². The molecule has 1 aromatic rings. The molecule has 0 aromatic heterocycles. The summed E-state index contributed by atoms with van der Waals surface area (Å²) in [4.78, 5) is 11.6. The Balaban J connectivity index is 1.78. The van der Waals surface area contributed by atoms with Crippen LogP contribution in [0.3, 0.4) is 0 Å². The maximum atomic E-state index is 11.6. The molecule has 4 nitrogen and oxygen atoms in total. The van der Waals surface area contributed by atoms with E-state index in [0.29, 0.717) is 28.3 Å². The first-order chi connectivity index (χ1) is 9.15. The summed E-state index contributed by atoms with van der Waals surface area (Å²) < 4.78 is 5.20. The van der Waals surface area contributed by atoms with E-state index in [4.69, 9.17) is 27.9 Å². The lowest BCUT2D eigenvalue weighted by Crippen LogP contribution is -2.31. The highest BCUT2D eigenvalue weighted by Gasteiger charge is 2.15.